The highest BCUT2D eigenvalue weighted by atomic mass is 16.3. The molecule has 0 aliphatic rings. The van der Waals surface area contributed by atoms with E-state index in [2.05, 4.69) is 77.4 Å². The van der Waals surface area contributed by atoms with Gasteiger partial charge in [0.2, 0.25) is 0 Å². The Hall–Kier alpha value is -5.06. The number of imidazole rings is 1. The summed E-state index contributed by atoms with van der Waals surface area (Å²) in [5.41, 5.74) is 5.14. The van der Waals surface area contributed by atoms with Gasteiger partial charge in [-0.15, -0.1) is 0 Å². The van der Waals surface area contributed by atoms with E-state index in [4.69, 9.17) is 4.98 Å². The summed E-state index contributed by atoms with van der Waals surface area (Å²) in [5, 5.41) is 12.5. The van der Waals surface area contributed by atoms with Crippen molar-refractivity contribution in [2.75, 3.05) is 0 Å². The van der Waals surface area contributed by atoms with Crippen molar-refractivity contribution in [2.45, 2.75) is 31.9 Å². The molecule has 1 unspecified atom stereocenters. The Morgan fingerprint density at radius 2 is 1.18 bits per heavy atom. The quantitative estimate of drug-likeness (QED) is 0.139. The smallest absolute Gasteiger partial charge is 0.159 e. The van der Waals surface area contributed by atoms with Crippen LogP contribution in [0.1, 0.15) is 59.1 Å². The van der Waals surface area contributed by atoms with Crippen LogP contribution in [0.15, 0.2) is 152 Å². The van der Waals surface area contributed by atoms with Crippen LogP contribution in [0.25, 0.3) is 11.1 Å². The number of rotatable bonds is 9. The molecule has 0 amide bonds. The van der Waals surface area contributed by atoms with E-state index in [1.807, 2.05) is 93.1 Å². The van der Waals surface area contributed by atoms with Gasteiger partial charge in [-0.3, -0.25) is 4.79 Å². The van der Waals surface area contributed by atoms with Gasteiger partial charge in [0.25, 0.3) is 0 Å². The van der Waals surface area contributed by atoms with Gasteiger partial charge in [0, 0.05) is 11.8 Å². The van der Waals surface area contributed by atoms with Crippen LogP contribution >= 0.6 is 0 Å². The van der Waals surface area contributed by atoms with Gasteiger partial charge in [-0.2, -0.15) is 0 Å². The van der Waals surface area contributed by atoms with Crippen molar-refractivity contribution >= 4 is 5.78 Å². The van der Waals surface area contributed by atoms with Crippen molar-refractivity contribution in [3.63, 3.8) is 0 Å². The minimum Gasteiger partial charge on any atom is -0.378 e. The van der Waals surface area contributed by atoms with Crippen molar-refractivity contribution < 1.29 is 9.90 Å². The first kappa shape index (κ1) is 29.0. The summed E-state index contributed by atoms with van der Waals surface area (Å²) < 4.78 is 2.14. The molecule has 0 fully saturated rings. The zero-order valence-electron chi connectivity index (χ0n) is 25.3. The molecule has 1 heterocycles. The molecule has 1 atom stereocenters. The fourth-order valence-electron chi connectivity index (χ4n) is 6.30. The van der Waals surface area contributed by atoms with E-state index < -0.39 is 11.1 Å². The molecule has 6 rings (SSSR count). The summed E-state index contributed by atoms with van der Waals surface area (Å²) in [6, 6.07) is 46.9. The van der Waals surface area contributed by atoms with E-state index in [0.29, 0.717) is 11.3 Å². The Kier molecular flexibility index (Phi) is 7.86. The molecule has 218 valence electrons. The van der Waals surface area contributed by atoms with E-state index in [-0.39, 0.29) is 11.7 Å². The van der Waals surface area contributed by atoms with Gasteiger partial charge in [-0.1, -0.05) is 147 Å². The number of benzene rings is 5. The molecule has 44 heavy (non-hydrogen) atoms. The second-order valence-electron chi connectivity index (χ2n) is 11.6. The van der Waals surface area contributed by atoms with Crippen molar-refractivity contribution in [3.05, 3.63) is 186 Å². The molecule has 1 aromatic heterocycles. The maximum atomic E-state index is 12.5. The monoisotopic (exact) mass is 576 g/mol. The number of hydrogen-bond acceptors (Lipinski definition) is 3. The zero-order chi connectivity index (χ0) is 30.7. The minimum atomic E-state index is -1.35. The van der Waals surface area contributed by atoms with Gasteiger partial charge in [0.15, 0.2) is 5.78 Å². The number of ketones is 1. The molecule has 1 N–H and O–H groups in total. The second kappa shape index (κ2) is 11.9. The first-order valence-electron chi connectivity index (χ1n) is 15.0. The van der Waals surface area contributed by atoms with Crippen LogP contribution in [-0.4, -0.2) is 20.4 Å². The lowest BCUT2D eigenvalue weighted by Crippen LogP contribution is -2.37. The highest BCUT2D eigenvalue weighted by Crippen LogP contribution is 2.43. The van der Waals surface area contributed by atoms with Gasteiger partial charge in [-0.05, 0) is 52.3 Å². The van der Waals surface area contributed by atoms with Gasteiger partial charge in [-0.25, -0.2) is 4.98 Å². The Morgan fingerprint density at radius 3 is 1.66 bits per heavy atom. The highest BCUT2D eigenvalue weighted by molar-refractivity contribution is 5.95. The Bertz CT molecular complexity index is 1760. The topological polar surface area (TPSA) is 55.1 Å². The second-order valence-corrected chi connectivity index (χ2v) is 11.6. The lowest BCUT2D eigenvalue weighted by Gasteiger charge is -2.37. The molecular formula is C40H36N2O2. The van der Waals surface area contributed by atoms with E-state index in [1.165, 1.54) is 0 Å². The SMILES string of the molecule is CC(=O)c1cccc(-c2ccc(C(O)(c3cn(C(c4ccccc4)(c4ccccc4)c4ccccc4)cn3)C(C)C)cc2)c1. The van der Waals surface area contributed by atoms with Crippen molar-refractivity contribution in [2.24, 2.45) is 5.92 Å². The minimum absolute atomic E-state index is 0.0332. The summed E-state index contributed by atoms with van der Waals surface area (Å²) in [6.45, 7) is 5.61. The van der Waals surface area contributed by atoms with Gasteiger partial charge >= 0.3 is 0 Å². The van der Waals surface area contributed by atoms with Gasteiger partial charge in [0.05, 0.1) is 12.0 Å². The first-order valence-corrected chi connectivity index (χ1v) is 15.0. The van der Waals surface area contributed by atoms with Crippen LogP contribution in [0.4, 0.5) is 0 Å². The van der Waals surface area contributed by atoms with Crippen molar-refractivity contribution in [1.29, 1.82) is 0 Å². The Labute approximate surface area is 259 Å². The molecule has 0 saturated heterocycles. The molecule has 6 aromatic rings. The number of Topliss-reactive ketones (excluding diaryl/α,β-unsaturated/α-hetero) is 1. The van der Waals surface area contributed by atoms with E-state index in [0.717, 1.165) is 33.4 Å². The summed E-state index contributed by atoms with van der Waals surface area (Å²) in [4.78, 5) is 16.9. The number of aliphatic hydroxyl groups is 1. The summed E-state index contributed by atoms with van der Waals surface area (Å²) in [7, 11) is 0. The predicted octanol–water partition coefficient (Wildman–Crippen LogP) is 8.48. The third-order valence-electron chi connectivity index (χ3n) is 8.70. The molecular weight excluding hydrogens is 540 g/mol. The molecule has 0 aliphatic carbocycles. The number of aromatic nitrogens is 2. The standard InChI is InChI=1S/C40H36N2O2/c1-29(2)40(44,37-24-22-31(23-25-37)33-15-13-14-32(26-33)30(3)43)38-27-42(28-41-38)39(34-16-7-4-8-17-34,35-18-9-5-10-19-35)36-20-11-6-12-21-36/h4-29,44H,1-3H3. The van der Waals surface area contributed by atoms with E-state index in [9.17, 15) is 9.90 Å². The number of carbonyl (C=O) groups is 1. The molecule has 0 aliphatic heterocycles. The van der Waals surface area contributed by atoms with Crippen LogP contribution < -0.4 is 0 Å². The fourth-order valence-corrected chi connectivity index (χ4v) is 6.30. The van der Waals surface area contributed by atoms with Gasteiger partial charge < -0.3 is 9.67 Å². The summed E-state index contributed by atoms with van der Waals surface area (Å²) >= 11 is 0. The van der Waals surface area contributed by atoms with Crippen LogP contribution in [0.3, 0.4) is 0 Å². The Morgan fingerprint density at radius 1 is 0.659 bits per heavy atom. The van der Waals surface area contributed by atoms with Crippen LogP contribution in [0.5, 0.6) is 0 Å². The van der Waals surface area contributed by atoms with Crippen LogP contribution in [0, 0.1) is 5.92 Å². The average Bonchev–Trinajstić information content (AvgIpc) is 3.57. The van der Waals surface area contributed by atoms with Crippen molar-refractivity contribution in [3.8, 4) is 11.1 Å². The Balaban J connectivity index is 1.50. The molecule has 4 heteroatoms. The maximum absolute atomic E-state index is 12.5. The lowest BCUT2D eigenvalue weighted by atomic mass is 9.76. The molecule has 0 saturated carbocycles. The molecule has 4 nitrogen and oxygen atoms in total. The fraction of sp³-hybridized carbons (Fsp3) is 0.150. The predicted molar refractivity (Wildman–Crippen MR) is 177 cm³/mol. The summed E-state index contributed by atoms with van der Waals surface area (Å²) in [5.74, 6) is -0.136. The number of carbonyl (C=O) groups excluding carboxylic acids is 1. The molecule has 0 radical (unpaired) electrons. The highest BCUT2D eigenvalue weighted by Gasteiger charge is 2.42. The molecule has 5 aromatic carbocycles. The lowest BCUT2D eigenvalue weighted by molar-refractivity contribution is 0.0278. The van der Waals surface area contributed by atoms with E-state index >= 15 is 0 Å². The van der Waals surface area contributed by atoms with Gasteiger partial charge in [0.1, 0.15) is 11.1 Å². The normalized spacial score (nSPS) is 13.0. The zero-order valence-corrected chi connectivity index (χ0v) is 25.3. The van der Waals surface area contributed by atoms with Crippen LogP contribution in [0.2, 0.25) is 0 Å². The maximum Gasteiger partial charge on any atom is 0.159 e. The number of nitrogens with zero attached hydrogens (tertiary/aromatic N) is 2. The van der Waals surface area contributed by atoms with Crippen LogP contribution in [-0.2, 0) is 11.1 Å². The largest absolute Gasteiger partial charge is 0.378 e. The van der Waals surface area contributed by atoms with E-state index in [1.54, 1.807) is 6.92 Å². The third kappa shape index (κ3) is 4.97. The number of hydrogen-bond donors (Lipinski definition) is 1. The first-order chi connectivity index (χ1) is 21.3. The van der Waals surface area contributed by atoms with Crippen molar-refractivity contribution in [1.82, 2.24) is 9.55 Å². The molecule has 0 spiro atoms. The summed E-state index contributed by atoms with van der Waals surface area (Å²) in [6.07, 6.45) is 3.84. The third-order valence-corrected chi connectivity index (χ3v) is 8.70. The molecule has 0 bridgehead atoms. The average molecular weight is 577 g/mol.